The fourth-order valence-corrected chi connectivity index (χ4v) is 3.70. The highest BCUT2D eigenvalue weighted by atomic mass is 16.7. The summed E-state index contributed by atoms with van der Waals surface area (Å²) < 4.78 is 23.2. The van der Waals surface area contributed by atoms with E-state index in [1.165, 1.54) is 11.1 Å². The number of esters is 1. The summed E-state index contributed by atoms with van der Waals surface area (Å²) in [5.41, 5.74) is 2.48. The van der Waals surface area contributed by atoms with E-state index in [-0.39, 0.29) is 11.9 Å². The predicted molar refractivity (Wildman–Crippen MR) is 101 cm³/mol. The van der Waals surface area contributed by atoms with Crippen LogP contribution in [0.25, 0.3) is 0 Å². The number of carbonyl (C=O) groups is 1. The second-order valence-corrected chi connectivity index (χ2v) is 8.13. The molecule has 3 rings (SSSR count). The Bertz CT molecular complexity index is 682. The van der Waals surface area contributed by atoms with E-state index in [0.717, 1.165) is 24.1 Å². The normalized spacial score (nSPS) is 23.0. The molecule has 0 bridgehead atoms. The maximum atomic E-state index is 11.9. The Hall–Kier alpha value is -1.53. The molecule has 142 valence electrons. The third kappa shape index (κ3) is 3.37. The SMILES string of the molecule is CCOC(=O)CC1CCc2cc(OC)c(B3OC(C)(C)C(C)(C)O3)cc21. The molecule has 0 N–H and O–H groups in total. The van der Waals surface area contributed by atoms with Crippen molar-refractivity contribution in [2.45, 2.75) is 71.0 Å². The third-order valence-corrected chi connectivity index (χ3v) is 5.92. The Morgan fingerprint density at radius 1 is 1.23 bits per heavy atom. The molecule has 1 fully saturated rings. The van der Waals surface area contributed by atoms with E-state index in [4.69, 9.17) is 18.8 Å². The average molecular weight is 360 g/mol. The van der Waals surface area contributed by atoms with E-state index >= 15 is 0 Å². The topological polar surface area (TPSA) is 54.0 Å². The van der Waals surface area contributed by atoms with Crippen LogP contribution < -0.4 is 10.2 Å². The zero-order valence-electron chi connectivity index (χ0n) is 16.7. The molecule has 5 nitrogen and oxygen atoms in total. The number of benzene rings is 1. The number of methoxy groups -OCH3 is 1. The highest BCUT2D eigenvalue weighted by Crippen LogP contribution is 2.40. The Kier molecular flexibility index (Phi) is 5.10. The summed E-state index contributed by atoms with van der Waals surface area (Å²) in [6.45, 7) is 10.4. The van der Waals surface area contributed by atoms with Crippen molar-refractivity contribution in [2.75, 3.05) is 13.7 Å². The van der Waals surface area contributed by atoms with Crippen molar-refractivity contribution >= 4 is 18.6 Å². The van der Waals surface area contributed by atoms with E-state index in [9.17, 15) is 4.79 Å². The predicted octanol–water partition coefficient (Wildman–Crippen LogP) is 2.98. The maximum absolute atomic E-state index is 11.9. The van der Waals surface area contributed by atoms with Gasteiger partial charge in [-0.05, 0) is 70.6 Å². The van der Waals surface area contributed by atoms with Gasteiger partial charge in [0.15, 0.2) is 0 Å². The second-order valence-electron chi connectivity index (χ2n) is 8.13. The van der Waals surface area contributed by atoms with Gasteiger partial charge in [-0.3, -0.25) is 4.79 Å². The maximum Gasteiger partial charge on any atom is 0.498 e. The zero-order chi connectivity index (χ0) is 19.1. The molecule has 1 aliphatic carbocycles. The molecule has 0 amide bonds. The van der Waals surface area contributed by atoms with Gasteiger partial charge >= 0.3 is 13.1 Å². The summed E-state index contributed by atoms with van der Waals surface area (Å²) in [7, 11) is 1.19. The van der Waals surface area contributed by atoms with Crippen molar-refractivity contribution in [1.29, 1.82) is 0 Å². The van der Waals surface area contributed by atoms with Gasteiger partial charge in [-0.15, -0.1) is 0 Å². The first-order valence-electron chi connectivity index (χ1n) is 9.40. The summed E-state index contributed by atoms with van der Waals surface area (Å²) in [6, 6.07) is 4.17. The van der Waals surface area contributed by atoms with Crippen molar-refractivity contribution in [2.24, 2.45) is 0 Å². The van der Waals surface area contributed by atoms with E-state index in [1.807, 2.05) is 34.6 Å². The van der Waals surface area contributed by atoms with Crippen molar-refractivity contribution in [3.05, 3.63) is 23.3 Å². The van der Waals surface area contributed by atoms with Gasteiger partial charge in [0.1, 0.15) is 5.75 Å². The van der Waals surface area contributed by atoms with Crippen LogP contribution in [-0.2, 0) is 25.3 Å². The summed E-state index contributed by atoms with van der Waals surface area (Å²) >= 11 is 0. The lowest BCUT2D eigenvalue weighted by Crippen LogP contribution is -2.41. The summed E-state index contributed by atoms with van der Waals surface area (Å²) in [5.74, 6) is 0.813. The van der Waals surface area contributed by atoms with Crippen molar-refractivity contribution < 1.29 is 23.6 Å². The Balaban J connectivity index is 1.92. The minimum Gasteiger partial charge on any atom is -0.497 e. The average Bonchev–Trinajstić information content (AvgIpc) is 3.03. The first-order chi connectivity index (χ1) is 12.2. The van der Waals surface area contributed by atoms with E-state index in [0.29, 0.717) is 13.0 Å². The number of hydrogen-bond acceptors (Lipinski definition) is 5. The molecule has 6 heteroatoms. The minimum atomic E-state index is -0.482. The number of fused-ring (bicyclic) bond motifs is 1. The molecule has 1 saturated heterocycles. The second kappa shape index (κ2) is 6.89. The summed E-state index contributed by atoms with van der Waals surface area (Å²) in [4.78, 5) is 11.9. The number of rotatable bonds is 5. The molecule has 2 aliphatic rings. The largest absolute Gasteiger partial charge is 0.498 e. The molecule has 1 unspecified atom stereocenters. The molecular formula is C20H29BO5. The molecule has 1 heterocycles. The minimum absolute atomic E-state index is 0.140. The monoisotopic (exact) mass is 360 g/mol. The number of carbonyl (C=O) groups excluding carboxylic acids is 1. The molecule has 0 radical (unpaired) electrons. The first-order valence-corrected chi connectivity index (χ1v) is 9.40. The molecular weight excluding hydrogens is 331 g/mol. The molecule has 0 spiro atoms. The van der Waals surface area contributed by atoms with Gasteiger partial charge in [-0.25, -0.2) is 0 Å². The fourth-order valence-electron chi connectivity index (χ4n) is 3.70. The number of ether oxygens (including phenoxy) is 2. The molecule has 1 aromatic rings. The first kappa shape index (κ1) is 19.2. The number of aryl methyl sites for hydroxylation is 1. The molecule has 1 aromatic carbocycles. The lowest BCUT2D eigenvalue weighted by atomic mass is 9.76. The highest BCUT2D eigenvalue weighted by Gasteiger charge is 2.52. The van der Waals surface area contributed by atoms with Crippen LogP contribution in [0, 0.1) is 0 Å². The van der Waals surface area contributed by atoms with Gasteiger partial charge in [0.2, 0.25) is 0 Å². The van der Waals surface area contributed by atoms with Crippen molar-refractivity contribution in [3.8, 4) is 5.75 Å². The van der Waals surface area contributed by atoms with Crippen LogP contribution in [0.15, 0.2) is 12.1 Å². The van der Waals surface area contributed by atoms with Crippen LogP contribution in [-0.4, -0.2) is 38.0 Å². The smallest absolute Gasteiger partial charge is 0.497 e. The molecule has 0 saturated carbocycles. The van der Waals surface area contributed by atoms with Gasteiger partial charge in [-0.1, -0.05) is 6.07 Å². The van der Waals surface area contributed by atoms with Gasteiger partial charge in [-0.2, -0.15) is 0 Å². The van der Waals surface area contributed by atoms with Crippen LogP contribution >= 0.6 is 0 Å². The molecule has 1 aliphatic heterocycles. The lowest BCUT2D eigenvalue weighted by Gasteiger charge is -2.32. The van der Waals surface area contributed by atoms with Gasteiger partial charge in [0.25, 0.3) is 0 Å². The fraction of sp³-hybridized carbons (Fsp3) is 0.650. The van der Waals surface area contributed by atoms with Gasteiger partial charge in [0, 0.05) is 5.46 Å². The van der Waals surface area contributed by atoms with Crippen LogP contribution in [0.3, 0.4) is 0 Å². The zero-order valence-corrected chi connectivity index (χ0v) is 16.7. The molecule has 0 aromatic heterocycles. The van der Waals surface area contributed by atoms with Crippen LogP contribution in [0.4, 0.5) is 0 Å². The van der Waals surface area contributed by atoms with Crippen LogP contribution in [0.5, 0.6) is 5.75 Å². The van der Waals surface area contributed by atoms with Crippen LogP contribution in [0.1, 0.15) is 64.5 Å². The van der Waals surface area contributed by atoms with Crippen molar-refractivity contribution in [1.82, 2.24) is 0 Å². The van der Waals surface area contributed by atoms with Gasteiger partial charge < -0.3 is 18.8 Å². The van der Waals surface area contributed by atoms with Crippen molar-refractivity contribution in [3.63, 3.8) is 0 Å². The molecule has 1 atom stereocenters. The Morgan fingerprint density at radius 3 is 2.46 bits per heavy atom. The summed E-state index contributed by atoms with van der Waals surface area (Å²) in [6.07, 6.45) is 2.31. The standard InChI is InChI=1S/C20H29BO5/c1-7-24-18(22)11-14-9-8-13-10-17(23-6)16(12-15(13)14)21-25-19(2,3)20(4,5)26-21/h10,12,14H,7-9,11H2,1-6H3. The quantitative estimate of drug-likeness (QED) is 0.597. The highest BCUT2D eigenvalue weighted by molar-refractivity contribution is 6.63. The Morgan fingerprint density at radius 2 is 1.88 bits per heavy atom. The lowest BCUT2D eigenvalue weighted by molar-refractivity contribution is -0.143. The van der Waals surface area contributed by atoms with E-state index < -0.39 is 18.3 Å². The Labute approximate surface area is 156 Å². The molecule has 26 heavy (non-hydrogen) atoms. The third-order valence-electron chi connectivity index (χ3n) is 5.92. The number of hydrogen-bond donors (Lipinski definition) is 0. The van der Waals surface area contributed by atoms with E-state index in [2.05, 4.69) is 12.1 Å². The van der Waals surface area contributed by atoms with Crippen LogP contribution in [0.2, 0.25) is 0 Å². The van der Waals surface area contributed by atoms with Gasteiger partial charge in [0.05, 0.1) is 31.3 Å². The summed E-state index contributed by atoms with van der Waals surface area (Å²) in [5, 5.41) is 0. The van der Waals surface area contributed by atoms with E-state index in [1.54, 1.807) is 7.11 Å².